The molecule has 0 bridgehead atoms. The van der Waals surface area contributed by atoms with Crippen molar-refractivity contribution >= 4 is 11.5 Å². The number of anilines is 1. The number of para-hydroxylation sites is 1. The minimum Gasteiger partial charge on any atom is -0.489 e. The molecule has 1 unspecified atom stereocenters. The molecule has 4 rings (SSSR count). The van der Waals surface area contributed by atoms with Gasteiger partial charge >= 0.3 is 0 Å². The van der Waals surface area contributed by atoms with Crippen molar-refractivity contribution in [3.63, 3.8) is 0 Å². The second-order valence-corrected chi connectivity index (χ2v) is 5.94. The average Bonchev–Trinajstić information content (AvgIpc) is 3.33. The first-order chi connectivity index (χ1) is 11.3. The highest BCUT2D eigenvalue weighted by atomic mass is 16.5. The largest absolute Gasteiger partial charge is 0.489 e. The molecule has 3 aromatic rings. The number of ether oxygens (including phenoxy) is 1. The summed E-state index contributed by atoms with van der Waals surface area (Å²) >= 11 is 0. The number of nitrogens with zero attached hydrogens (tertiary/aromatic N) is 4. The van der Waals surface area contributed by atoms with Crippen LogP contribution in [0, 0.1) is 0 Å². The summed E-state index contributed by atoms with van der Waals surface area (Å²) in [5.41, 5.74) is 0.797. The van der Waals surface area contributed by atoms with E-state index in [0.717, 1.165) is 23.0 Å². The Kier molecular flexibility index (Phi) is 3.57. The van der Waals surface area contributed by atoms with Gasteiger partial charge in [0, 0.05) is 5.92 Å². The number of fused-ring (bicyclic) bond motifs is 1. The van der Waals surface area contributed by atoms with Crippen LogP contribution in [0.15, 0.2) is 42.5 Å². The first-order valence-corrected chi connectivity index (χ1v) is 7.97. The monoisotopic (exact) mass is 309 g/mol. The van der Waals surface area contributed by atoms with Gasteiger partial charge in [-0.2, -0.15) is 4.52 Å². The Balaban J connectivity index is 1.42. The Morgan fingerprint density at radius 3 is 2.78 bits per heavy atom. The van der Waals surface area contributed by atoms with Gasteiger partial charge in [-0.05, 0) is 44.0 Å². The van der Waals surface area contributed by atoms with Crippen LogP contribution in [0.1, 0.15) is 31.5 Å². The van der Waals surface area contributed by atoms with E-state index < -0.39 is 0 Å². The van der Waals surface area contributed by atoms with E-state index in [1.807, 2.05) is 53.9 Å². The molecule has 1 atom stereocenters. The number of hydrogen-bond acceptors (Lipinski definition) is 5. The fourth-order valence-electron chi connectivity index (χ4n) is 2.52. The lowest BCUT2D eigenvalue weighted by Gasteiger charge is -2.15. The third kappa shape index (κ3) is 3.11. The van der Waals surface area contributed by atoms with E-state index in [4.69, 9.17) is 4.74 Å². The summed E-state index contributed by atoms with van der Waals surface area (Å²) in [4.78, 5) is 0. The Morgan fingerprint density at radius 1 is 1.17 bits per heavy atom. The number of aromatic nitrogens is 4. The average molecular weight is 309 g/mol. The summed E-state index contributed by atoms with van der Waals surface area (Å²) in [7, 11) is 0. The van der Waals surface area contributed by atoms with E-state index in [1.165, 1.54) is 12.8 Å². The molecule has 1 N–H and O–H groups in total. The van der Waals surface area contributed by atoms with Crippen LogP contribution in [0.4, 0.5) is 5.82 Å². The Labute approximate surface area is 134 Å². The van der Waals surface area contributed by atoms with Crippen LogP contribution in [0.3, 0.4) is 0 Å². The molecule has 2 heterocycles. The molecule has 0 spiro atoms. The molecule has 0 amide bonds. The fourth-order valence-corrected chi connectivity index (χ4v) is 2.52. The minimum atomic E-state index is 0.0405. The number of hydrogen-bond donors (Lipinski definition) is 1. The highest BCUT2D eigenvalue weighted by molar-refractivity contribution is 5.44. The zero-order valence-electron chi connectivity index (χ0n) is 13.0. The molecule has 6 nitrogen and oxygen atoms in total. The topological polar surface area (TPSA) is 64.3 Å². The first kappa shape index (κ1) is 14.0. The van der Waals surface area contributed by atoms with Crippen LogP contribution in [-0.4, -0.2) is 32.5 Å². The van der Waals surface area contributed by atoms with Gasteiger partial charge < -0.3 is 10.1 Å². The fraction of sp³-hybridized carbons (Fsp3) is 0.353. The molecule has 6 heteroatoms. The van der Waals surface area contributed by atoms with Gasteiger partial charge in [-0.25, -0.2) is 0 Å². The van der Waals surface area contributed by atoms with Crippen LogP contribution < -0.4 is 10.1 Å². The lowest BCUT2D eigenvalue weighted by Crippen LogP contribution is -2.23. The second-order valence-electron chi connectivity index (χ2n) is 5.94. The standard InChI is InChI=1S/C17H19N5O/c1-12(23-14-5-3-2-4-6-14)11-18-15-9-10-16-19-20-17(13-7-8-13)22(16)21-15/h2-6,9-10,12-13H,7-8,11H2,1H3,(H,18,21). The maximum Gasteiger partial charge on any atom is 0.178 e. The van der Waals surface area contributed by atoms with E-state index in [1.54, 1.807) is 0 Å². The molecule has 0 radical (unpaired) electrons. The van der Waals surface area contributed by atoms with Crippen LogP contribution in [0.5, 0.6) is 5.75 Å². The van der Waals surface area contributed by atoms with E-state index in [2.05, 4.69) is 20.6 Å². The van der Waals surface area contributed by atoms with E-state index >= 15 is 0 Å². The second kappa shape index (κ2) is 5.87. The molecule has 1 aliphatic rings. The maximum absolute atomic E-state index is 5.86. The third-order valence-corrected chi connectivity index (χ3v) is 3.88. The normalized spacial score (nSPS) is 15.5. The van der Waals surface area contributed by atoms with Gasteiger partial charge in [-0.1, -0.05) is 18.2 Å². The molecule has 0 aliphatic heterocycles. The predicted octanol–water partition coefficient (Wildman–Crippen LogP) is 2.88. The SMILES string of the molecule is CC(CNc1ccc2nnc(C3CC3)n2n1)Oc1ccccc1. The summed E-state index contributed by atoms with van der Waals surface area (Å²) < 4.78 is 7.71. The molecule has 118 valence electrons. The van der Waals surface area contributed by atoms with Crippen molar-refractivity contribution in [3.8, 4) is 5.75 Å². The smallest absolute Gasteiger partial charge is 0.178 e. The highest BCUT2D eigenvalue weighted by Gasteiger charge is 2.29. The predicted molar refractivity (Wildman–Crippen MR) is 87.8 cm³/mol. The van der Waals surface area contributed by atoms with Crippen LogP contribution in [0.25, 0.3) is 5.65 Å². The summed E-state index contributed by atoms with van der Waals surface area (Å²) in [5, 5.41) is 16.3. The molecule has 1 aliphatic carbocycles. The Bertz CT molecular complexity index is 797. The lowest BCUT2D eigenvalue weighted by atomic mass is 10.3. The summed E-state index contributed by atoms with van der Waals surface area (Å²) in [6.45, 7) is 2.71. The van der Waals surface area contributed by atoms with Crippen molar-refractivity contribution in [2.75, 3.05) is 11.9 Å². The number of nitrogens with one attached hydrogen (secondary N) is 1. The number of rotatable bonds is 6. The van der Waals surface area contributed by atoms with Crippen molar-refractivity contribution in [3.05, 3.63) is 48.3 Å². The first-order valence-electron chi connectivity index (χ1n) is 7.97. The van der Waals surface area contributed by atoms with Gasteiger partial charge in [0.2, 0.25) is 0 Å². The van der Waals surface area contributed by atoms with Gasteiger partial charge in [0.25, 0.3) is 0 Å². The van der Waals surface area contributed by atoms with E-state index in [-0.39, 0.29) is 6.10 Å². The van der Waals surface area contributed by atoms with Gasteiger partial charge in [0.15, 0.2) is 11.5 Å². The van der Waals surface area contributed by atoms with Gasteiger partial charge in [0.1, 0.15) is 17.7 Å². The lowest BCUT2D eigenvalue weighted by molar-refractivity contribution is 0.234. The molecular weight excluding hydrogens is 290 g/mol. The molecular formula is C17H19N5O. The van der Waals surface area contributed by atoms with Gasteiger partial charge in [-0.3, -0.25) is 0 Å². The maximum atomic E-state index is 5.86. The highest BCUT2D eigenvalue weighted by Crippen LogP contribution is 2.38. The summed E-state index contributed by atoms with van der Waals surface area (Å²) in [6, 6.07) is 13.7. The molecule has 1 saturated carbocycles. The zero-order chi connectivity index (χ0) is 15.6. The molecule has 23 heavy (non-hydrogen) atoms. The Hall–Kier alpha value is -2.63. The molecule has 1 aromatic carbocycles. The van der Waals surface area contributed by atoms with Gasteiger partial charge in [-0.15, -0.1) is 15.3 Å². The van der Waals surface area contributed by atoms with Crippen molar-refractivity contribution in [2.45, 2.75) is 31.8 Å². The third-order valence-electron chi connectivity index (χ3n) is 3.88. The van der Waals surface area contributed by atoms with Crippen molar-refractivity contribution < 1.29 is 4.74 Å². The molecule has 1 fully saturated rings. The van der Waals surface area contributed by atoms with E-state index in [9.17, 15) is 0 Å². The van der Waals surface area contributed by atoms with Crippen molar-refractivity contribution in [2.24, 2.45) is 0 Å². The molecule has 0 saturated heterocycles. The summed E-state index contributed by atoms with van der Waals surface area (Å²) in [6.07, 6.45) is 2.41. The summed E-state index contributed by atoms with van der Waals surface area (Å²) in [5.74, 6) is 3.17. The quantitative estimate of drug-likeness (QED) is 0.758. The van der Waals surface area contributed by atoms with Crippen LogP contribution >= 0.6 is 0 Å². The van der Waals surface area contributed by atoms with Crippen LogP contribution in [0.2, 0.25) is 0 Å². The van der Waals surface area contributed by atoms with E-state index in [0.29, 0.717) is 12.5 Å². The van der Waals surface area contributed by atoms with Gasteiger partial charge in [0.05, 0.1) is 6.54 Å². The zero-order valence-corrected chi connectivity index (χ0v) is 13.0. The minimum absolute atomic E-state index is 0.0405. The Morgan fingerprint density at radius 2 is 2.00 bits per heavy atom. The molecule has 2 aromatic heterocycles. The van der Waals surface area contributed by atoms with Crippen LogP contribution in [-0.2, 0) is 0 Å². The van der Waals surface area contributed by atoms with Crippen molar-refractivity contribution in [1.82, 2.24) is 19.8 Å². The number of benzene rings is 1. The van der Waals surface area contributed by atoms with Crippen molar-refractivity contribution in [1.29, 1.82) is 0 Å².